The second-order valence-corrected chi connectivity index (χ2v) is 7.76. The number of benzene rings is 1. The molecule has 1 fully saturated rings. The van der Waals surface area contributed by atoms with Crippen molar-refractivity contribution in [2.24, 2.45) is 0 Å². The Balaban J connectivity index is 1.98. The topological polar surface area (TPSA) is 27.7 Å². The number of hydrogen-bond acceptors (Lipinski definition) is 3. The Morgan fingerprint density at radius 1 is 0.952 bits per heavy atom. The van der Waals surface area contributed by atoms with E-state index in [1.165, 1.54) is 16.7 Å². The van der Waals surface area contributed by atoms with Gasteiger partial charge in [0, 0.05) is 0 Å². The molecular weight excluding hydrogens is 263 g/mol. The van der Waals surface area contributed by atoms with Crippen LogP contribution in [-0.2, 0) is 26.3 Å². The molecule has 4 heteroatoms. The zero-order chi connectivity index (χ0) is 15.6. The molecule has 1 aromatic carbocycles. The SMILES string of the molecule is Cc1cc(B2OC(C)(C)C(C)(C)O2)cc2c1C(C)(C)OC2. The van der Waals surface area contributed by atoms with E-state index in [1.807, 2.05) is 0 Å². The van der Waals surface area contributed by atoms with Crippen LogP contribution in [0.25, 0.3) is 0 Å². The van der Waals surface area contributed by atoms with Gasteiger partial charge >= 0.3 is 7.12 Å². The average molecular weight is 288 g/mol. The lowest BCUT2D eigenvalue weighted by Crippen LogP contribution is -2.41. The zero-order valence-electron chi connectivity index (χ0n) is 14.2. The lowest BCUT2D eigenvalue weighted by atomic mass is 9.75. The summed E-state index contributed by atoms with van der Waals surface area (Å²) in [6, 6.07) is 4.36. The van der Waals surface area contributed by atoms with Gasteiger partial charge in [-0.05, 0) is 70.6 Å². The van der Waals surface area contributed by atoms with E-state index in [2.05, 4.69) is 60.6 Å². The van der Waals surface area contributed by atoms with Crippen molar-refractivity contribution in [2.75, 3.05) is 0 Å². The van der Waals surface area contributed by atoms with Gasteiger partial charge < -0.3 is 14.0 Å². The molecule has 3 rings (SSSR count). The van der Waals surface area contributed by atoms with Gasteiger partial charge in [-0.25, -0.2) is 0 Å². The second kappa shape index (κ2) is 4.34. The average Bonchev–Trinajstić information content (AvgIpc) is 2.74. The fraction of sp³-hybridized carbons (Fsp3) is 0.647. The van der Waals surface area contributed by atoms with Crippen molar-refractivity contribution < 1.29 is 14.0 Å². The monoisotopic (exact) mass is 288 g/mol. The Kier molecular flexibility index (Phi) is 3.12. The first kappa shape index (κ1) is 15.1. The largest absolute Gasteiger partial charge is 0.494 e. The summed E-state index contributed by atoms with van der Waals surface area (Å²) in [5.74, 6) is 0. The van der Waals surface area contributed by atoms with E-state index in [4.69, 9.17) is 14.0 Å². The van der Waals surface area contributed by atoms with E-state index < -0.39 is 0 Å². The van der Waals surface area contributed by atoms with Crippen molar-refractivity contribution in [3.05, 3.63) is 28.8 Å². The van der Waals surface area contributed by atoms with Crippen LogP contribution in [0.5, 0.6) is 0 Å². The highest BCUT2D eigenvalue weighted by molar-refractivity contribution is 6.62. The minimum atomic E-state index is -0.305. The molecule has 2 aliphatic rings. The van der Waals surface area contributed by atoms with Gasteiger partial charge in [-0.1, -0.05) is 12.1 Å². The lowest BCUT2D eigenvalue weighted by molar-refractivity contribution is -0.00818. The third-order valence-corrected chi connectivity index (χ3v) is 5.16. The molecule has 2 aliphatic heterocycles. The Labute approximate surface area is 128 Å². The minimum Gasteiger partial charge on any atom is -0.399 e. The number of ether oxygens (including phenoxy) is 1. The molecule has 0 radical (unpaired) electrons. The quantitative estimate of drug-likeness (QED) is 0.743. The van der Waals surface area contributed by atoms with E-state index in [0.717, 1.165) is 5.46 Å². The summed E-state index contributed by atoms with van der Waals surface area (Å²) in [5, 5.41) is 0. The standard InChI is InChI=1S/C17H25BO3/c1-11-8-13(9-12-10-19-15(2,3)14(11)12)18-20-16(4,5)17(6,7)21-18/h8-9H,10H2,1-7H3. The highest BCUT2D eigenvalue weighted by atomic mass is 16.7. The van der Waals surface area contributed by atoms with Gasteiger partial charge in [-0.2, -0.15) is 0 Å². The fourth-order valence-electron chi connectivity index (χ4n) is 3.31. The molecule has 0 spiro atoms. The zero-order valence-corrected chi connectivity index (χ0v) is 14.2. The maximum Gasteiger partial charge on any atom is 0.494 e. The van der Waals surface area contributed by atoms with E-state index in [9.17, 15) is 0 Å². The first-order valence-corrected chi connectivity index (χ1v) is 7.67. The molecule has 0 amide bonds. The third kappa shape index (κ3) is 2.24. The highest BCUT2D eigenvalue weighted by Gasteiger charge is 2.52. The van der Waals surface area contributed by atoms with Crippen LogP contribution in [0.2, 0.25) is 0 Å². The Hall–Kier alpha value is -0.835. The Bertz CT molecular complexity index is 574. The third-order valence-electron chi connectivity index (χ3n) is 5.16. The van der Waals surface area contributed by atoms with Crippen LogP contribution >= 0.6 is 0 Å². The molecule has 3 nitrogen and oxygen atoms in total. The molecule has 0 aliphatic carbocycles. The van der Waals surface area contributed by atoms with Gasteiger partial charge in [0.15, 0.2) is 0 Å². The lowest BCUT2D eigenvalue weighted by Gasteiger charge is -2.32. The molecule has 0 unspecified atom stereocenters. The summed E-state index contributed by atoms with van der Waals surface area (Å²) in [6.07, 6.45) is 0. The number of hydrogen-bond donors (Lipinski definition) is 0. The van der Waals surface area contributed by atoms with Crippen LogP contribution in [0.3, 0.4) is 0 Å². The molecule has 0 bridgehead atoms. The molecule has 0 saturated carbocycles. The van der Waals surface area contributed by atoms with E-state index in [0.29, 0.717) is 6.61 Å². The number of rotatable bonds is 1. The first-order valence-electron chi connectivity index (χ1n) is 7.67. The second-order valence-electron chi connectivity index (χ2n) is 7.76. The van der Waals surface area contributed by atoms with Crippen LogP contribution in [-0.4, -0.2) is 18.3 Å². The van der Waals surface area contributed by atoms with Gasteiger partial charge in [0.25, 0.3) is 0 Å². The summed E-state index contributed by atoms with van der Waals surface area (Å²) in [5.41, 5.74) is 4.09. The van der Waals surface area contributed by atoms with Crippen LogP contribution in [0.15, 0.2) is 12.1 Å². The van der Waals surface area contributed by atoms with Crippen LogP contribution < -0.4 is 5.46 Å². The fourth-order valence-corrected chi connectivity index (χ4v) is 3.31. The number of aryl methyl sites for hydroxylation is 1. The molecule has 1 aromatic rings. The van der Waals surface area contributed by atoms with Gasteiger partial charge in [0.1, 0.15) is 0 Å². The Morgan fingerprint density at radius 3 is 2.10 bits per heavy atom. The highest BCUT2D eigenvalue weighted by Crippen LogP contribution is 2.39. The number of fused-ring (bicyclic) bond motifs is 1. The van der Waals surface area contributed by atoms with E-state index in [1.54, 1.807) is 0 Å². The van der Waals surface area contributed by atoms with E-state index in [-0.39, 0.29) is 23.9 Å². The predicted molar refractivity (Wildman–Crippen MR) is 84.7 cm³/mol. The van der Waals surface area contributed by atoms with Gasteiger partial charge in [0.05, 0.1) is 23.4 Å². The molecular formula is C17H25BO3. The van der Waals surface area contributed by atoms with Crippen molar-refractivity contribution in [2.45, 2.75) is 71.9 Å². The van der Waals surface area contributed by atoms with Gasteiger partial charge in [-0.15, -0.1) is 0 Å². The smallest absolute Gasteiger partial charge is 0.399 e. The van der Waals surface area contributed by atoms with Crippen molar-refractivity contribution in [1.82, 2.24) is 0 Å². The molecule has 21 heavy (non-hydrogen) atoms. The van der Waals surface area contributed by atoms with Crippen molar-refractivity contribution >= 4 is 12.6 Å². The summed E-state index contributed by atoms with van der Waals surface area (Å²) >= 11 is 0. The molecule has 1 saturated heterocycles. The Morgan fingerprint density at radius 2 is 1.52 bits per heavy atom. The van der Waals surface area contributed by atoms with Crippen LogP contribution in [0.4, 0.5) is 0 Å². The van der Waals surface area contributed by atoms with Crippen LogP contribution in [0, 0.1) is 6.92 Å². The first-order chi connectivity index (χ1) is 9.53. The summed E-state index contributed by atoms with van der Waals surface area (Å²) < 4.78 is 18.2. The van der Waals surface area contributed by atoms with Crippen LogP contribution in [0.1, 0.15) is 58.2 Å². The molecule has 0 aromatic heterocycles. The van der Waals surface area contributed by atoms with E-state index >= 15 is 0 Å². The molecule has 0 N–H and O–H groups in total. The predicted octanol–water partition coefficient (Wildman–Crippen LogP) is 3.06. The minimum absolute atomic E-state index is 0.201. The van der Waals surface area contributed by atoms with Gasteiger partial charge in [-0.3, -0.25) is 0 Å². The van der Waals surface area contributed by atoms with Gasteiger partial charge in [0.2, 0.25) is 0 Å². The van der Waals surface area contributed by atoms with Crippen molar-refractivity contribution in [1.29, 1.82) is 0 Å². The summed E-state index contributed by atoms with van der Waals surface area (Å²) in [6.45, 7) is 15.4. The maximum absolute atomic E-state index is 6.15. The summed E-state index contributed by atoms with van der Waals surface area (Å²) in [7, 11) is -0.303. The van der Waals surface area contributed by atoms with Crippen molar-refractivity contribution in [3.8, 4) is 0 Å². The molecule has 0 atom stereocenters. The van der Waals surface area contributed by atoms with Crippen molar-refractivity contribution in [3.63, 3.8) is 0 Å². The molecule has 2 heterocycles. The maximum atomic E-state index is 6.15. The summed E-state index contributed by atoms with van der Waals surface area (Å²) in [4.78, 5) is 0. The normalized spacial score (nSPS) is 25.2. The molecule has 114 valence electrons.